The van der Waals surface area contributed by atoms with Gasteiger partial charge in [0.1, 0.15) is 11.5 Å². The van der Waals surface area contributed by atoms with Crippen molar-refractivity contribution in [3.8, 4) is 22.8 Å². The van der Waals surface area contributed by atoms with Crippen molar-refractivity contribution < 1.29 is 23.9 Å². The van der Waals surface area contributed by atoms with E-state index >= 15 is 0 Å². The van der Waals surface area contributed by atoms with Crippen LogP contribution < -0.4 is 19.3 Å². The van der Waals surface area contributed by atoms with Crippen molar-refractivity contribution in [3.05, 3.63) is 52.3 Å². The average molecular weight is 478 g/mol. The molecule has 2 amide bonds. The first-order valence-corrected chi connectivity index (χ1v) is 11.9. The van der Waals surface area contributed by atoms with Gasteiger partial charge in [-0.1, -0.05) is 0 Å². The molecule has 0 saturated heterocycles. The minimum absolute atomic E-state index is 0.0219. The number of aryl methyl sites for hydroxylation is 1. The Morgan fingerprint density at radius 1 is 1.12 bits per heavy atom. The van der Waals surface area contributed by atoms with Crippen LogP contribution in [-0.2, 0) is 9.59 Å². The van der Waals surface area contributed by atoms with E-state index in [1.165, 1.54) is 4.90 Å². The van der Waals surface area contributed by atoms with Crippen LogP contribution in [0.25, 0.3) is 11.3 Å². The van der Waals surface area contributed by atoms with Crippen LogP contribution in [0.5, 0.6) is 11.5 Å². The molecule has 0 N–H and O–H groups in total. The van der Waals surface area contributed by atoms with Gasteiger partial charge in [0.15, 0.2) is 18.5 Å². The van der Waals surface area contributed by atoms with Crippen molar-refractivity contribution in [2.45, 2.75) is 26.9 Å². The number of carbonyl (C=O) groups excluding carboxylic acids is 3. The van der Waals surface area contributed by atoms with Crippen LogP contribution in [0.1, 0.15) is 29.2 Å². The van der Waals surface area contributed by atoms with E-state index < -0.39 is 6.10 Å². The molecule has 1 atom stereocenters. The Hall–Kier alpha value is -3.72. The molecule has 2 aromatic carbocycles. The lowest BCUT2D eigenvalue weighted by atomic mass is 10.0. The number of anilines is 2. The van der Waals surface area contributed by atoms with Crippen LogP contribution in [0.2, 0.25) is 0 Å². The molecule has 3 aromatic rings. The normalized spacial score (nSPS) is 17.1. The Labute approximate surface area is 200 Å². The van der Waals surface area contributed by atoms with Gasteiger partial charge in [0.2, 0.25) is 0 Å². The van der Waals surface area contributed by atoms with E-state index in [-0.39, 0.29) is 30.7 Å². The lowest BCUT2D eigenvalue weighted by molar-refractivity contribution is -0.125. The molecule has 5 rings (SSSR count). The maximum atomic E-state index is 13.3. The molecule has 174 valence electrons. The van der Waals surface area contributed by atoms with Gasteiger partial charge in [0, 0.05) is 23.1 Å². The van der Waals surface area contributed by atoms with E-state index in [1.54, 1.807) is 47.4 Å². The third kappa shape index (κ3) is 3.81. The summed E-state index contributed by atoms with van der Waals surface area (Å²) in [6.07, 6.45) is -0.710. The molecule has 3 heterocycles. The van der Waals surface area contributed by atoms with Gasteiger partial charge in [-0.3, -0.25) is 19.3 Å². The van der Waals surface area contributed by atoms with Gasteiger partial charge in [0.25, 0.3) is 11.8 Å². The standard InChI is InChI=1S/C25H23N3O5S/c1-4-27-19-10-17(6-7-22(19)32-12-24(27)30)21(29)11-28-20-9-16(18-13-34-15(3)26-18)5-8-23(20)33-14(2)25(28)31/h5-10,13-14H,4,11-12H2,1-3H3. The molecule has 8 nitrogen and oxygen atoms in total. The summed E-state index contributed by atoms with van der Waals surface area (Å²) in [4.78, 5) is 46.1. The Bertz CT molecular complexity index is 1320. The SMILES string of the molecule is CCN1C(=O)COc2ccc(C(=O)CN3C(=O)C(C)Oc4ccc(-c5csc(C)n5)cc43)cc21. The number of likely N-dealkylation sites (N-methyl/N-ethyl adjacent to an activating group) is 1. The smallest absolute Gasteiger partial charge is 0.268 e. The number of hydrogen-bond donors (Lipinski definition) is 0. The van der Waals surface area contributed by atoms with Gasteiger partial charge in [-0.05, 0) is 57.2 Å². The van der Waals surface area contributed by atoms with Gasteiger partial charge in [0.05, 0.1) is 28.6 Å². The number of aromatic nitrogens is 1. The lowest BCUT2D eigenvalue weighted by Crippen LogP contribution is -2.46. The first-order chi connectivity index (χ1) is 16.4. The zero-order valence-corrected chi connectivity index (χ0v) is 19.8. The van der Waals surface area contributed by atoms with E-state index in [0.29, 0.717) is 35.0 Å². The van der Waals surface area contributed by atoms with Crippen LogP contribution >= 0.6 is 11.3 Å². The first-order valence-electron chi connectivity index (χ1n) is 11.0. The molecule has 1 unspecified atom stereocenters. The number of fused-ring (bicyclic) bond motifs is 2. The van der Waals surface area contributed by atoms with Crippen molar-refractivity contribution in [1.29, 1.82) is 0 Å². The molecule has 1 aromatic heterocycles. The minimum atomic E-state index is -0.710. The maximum absolute atomic E-state index is 13.3. The summed E-state index contributed by atoms with van der Waals surface area (Å²) in [6, 6.07) is 10.5. The quantitative estimate of drug-likeness (QED) is 0.519. The molecule has 0 aliphatic carbocycles. The van der Waals surface area contributed by atoms with Gasteiger partial charge < -0.3 is 14.4 Å². The van der Waals surface area contributed by atoms with Gasteiger partial charge in [-0.25, -0.2) is 4.98 Å². The predicted octanol–water partition coefficient (Wildman–Crippen LogP) is 3.86. The van der Waals surface area contributed by atoms with Crippen LogP contribution in [0.3, 0.4) is 0 Å². The number of Topliss-reactive ketones (excluding diaryl/α,β-unsaturated/α-hetero) is 1. The number of rotatable bonds is 5. The third-order valence-electron chi connectivity index (χ3n) is 5.92. The van der Waals surface area contributed by atoms with E-state index in [2.05, 4.69) is 4.98 Å². The largest absolute Gasteiger partial charge is 0.482 e. The number of thiazole rings is 1. The average Bonchev–Trinajstić information content (AvgIpc) is 3.27. The topological polar surface area (TPSA) is 89.0 Å². The maximum Gasteiger partial charge on any atom is 0.268 e. The highest BCUT2D eigenvalue weighted by Crippen LogP contribution is 2.38. The molecule has 0 radical (unpaired) electrons. The highest BCUT2D eigenvalue weighted by molar-refractivity contribution is 7.09. The van der Waals surface area contributed by atoms with Crippen molar-refractivity contribution >= 4 is 40.3 Å². The Kier molecular flexibility index (Phi) is 5.57. The highest BCUT2D eigenvalue weighted by Gasteiger charge is 2.34. The molecule has 2 aliphatic rings. The van der Waals surface area contributed by atoms with Crippen LogP contribution in [0, 0.1) is 6.92 Å². The summed E-state index contributed by atoms with van der Waals surface area (Å²) in [6.45, 7) is 5.76. The second-order valence-corrected chi connectivity index (χ2v) is 9.21. The Morgan fingerprint density at radius 2 is 1.88 bits per heavy atom. The first kappa shape index (κ1) is 22.1. The number of ketones is 1. The third-order valence-corrected chi connectivity index (χ3v) is 6.70. The van der Waals surface area contributed by atoms with E-state index in [1.807, 2.05) is 31.4 Å². The van der Waals surface area contributed by atoms with Crippen LogP contribution in [0.15, 0.2) is 41.8 Å². The molecule has 0 spiro atoms. The van der Waals surface area contributed by atoms with E-state index in [9.17, 15) is 14.4 Å². The highest BCUT2D eigenvalue weighted by atomic mass is 32.1. The van der Waals surface area contributed by atoms with Gasteiger partial charge in [-0.2, -0.15) is 0 Å². The second kappa shape index (κ2) is 8.57. The molecular formula is C25H23N3O5S. The van der Waals surface area contributed by atoms with E-state index in [0.717, 1.165) is 16.3 Å². The fraction of sp³-hybridized carbons (Fsp3) is 0.280. The lowest BCUT2D eigenvalue weighted by Gasteiger charge is -2.33. The summed E-state index contributed by atoms with van der Waals surface area (Å²) in [5.41, 5.74) is 3.14. The second-order valence-electron chi connectivity index (χ2n) is 8.15. The number of ether oxygens (including phenoxy) is 2. The minimum Gasteiger partial charge on any atom is -0.482 e. The van der Waals surface area contributed by atoms with Crippen molar-refractivity contribution in [1.82, 2.24) is 4.98 Å². The summed E-state index contributed by atoms with van der Waals surface area (Å²) in [5, 5.41) is 2.90. The Morgan fingerprint density at radius 3 is 2.62 bits per heavy atom. The van der Waals surface area contributed by atoms with Crippen molar-refractivity contribution in [2.75, 3.05) is 29.5 Å². The van der Waals surface area contributed by atoms with Crippen LogP contribution in [0.4, 0.5) is 11.4 Å². The monoisotopic (exact) mass is 477 g/mol. The van der Waals surface area contributed by atoms with E-state index in [4.69, 9.17) is 9.47 Å². The summed E-state index contributed by atoms with van der Waals surface area (Å²) >= 11 is 1.54. The summed E-state index contributed by atoms with van der Waals surface area (Å²) < 4.78 is 11.3. The predicted molar refractivity (Wildman–Crippen MR) is 129 cm³/mol. The van der Waals surface area contributed by atoms with Crippen molar-refractivity contribution in [3.63, 3.8) is 0 Å². The number of hydrogen-bond acceptors (Lipinski definition) is 7. The van der Waals surface area contributed by atoms with Gasteiger partial charge >= 0.3 is 0 Å². The number of carbonyl (C=O) groups is 3. The molecule has 9 heteroatoms. The molecule has 34 heavy (non-hydrogen) atoms. The molecule has 0 fully saturated rings. The Balaban J connectivity index is 1.48. The van der Waals surface area contributed by atoms with Crippen LogP contribution in [-0.4, -0.2) is 48.4 Å². The number of benzene rings is 2. The zero-order chi connectivity index (χ0) is 24.0. The van der Waals surface area contributed by atoms with Crippen molar-refractivity contribution in [2.24, 2.45) is 0 Å². The zero-order valence-electron chi connectivity index (χ0n) is 19.0. The fourth-order valence-electron chi connectivity index (χ4n) is 4.18. The number of nitrogens with zero attached hydrogens (tertiary/aromatic N) is 3. The fourth-order valence-corrected chi connectivity index (χ4v) is 4.80. The molecular weight excluding hydrogens is 454 g/mol. The summed E-state index contributed by atoms with van der Waals surface area (Å²) in [5.74, 6) is 0.398. The number of amides is 2. The van der Waals surface area contributed by atoms with Gasteiger partial charge in [-0.15, -0.1) is 11.3 Å². The summed E-state index contributed by atoms with van der Waals surface area (Å²) in [7, 11) is 0. The molecule has 2 aliphatic heterocycles. The molecule has 0 saturated carbocycles. The molecule has 0 bridgehead atoms.